The molecule has 0 saturated carbocycles. The van der Waals surface area contributed by atoms with Crippen molar-refractivity contribution in [2.24, 2.45) is 0 Å². The number of anilines is 1. The molecule has 1 N–H and O–H groups in total. The molecule has 0 atom stereocenters. The van der Waals surface area contributed by atoms with Crippen LogP contribution in [0.4, 0.5) is 5.69 Å². The summed E-state index contributed by atoms with van der Waals surface area (Å²) in [6, 6.07) is 26.2. The molecule has 0 fully saturated rings. The summed E-state index contributed by atoms with van der Waals surface area (Å²) < 4.78 is 13.1. The highest BCUT2D eigenvalue weighted by Gasteiger charge is 2.10. The van der Waals surface area contributed by atoms with Gasteiger partial charge >= 0.3 is 0 Å². The number of benzene rings is 4. The molecule has 0 saturated heterocycles. The number of fused-ring (bicyclic) bond motifs is 1. The van der Waals surface area contributed by atoms with Crippen LogP contribution in [0, 0.1) is 6.92 Å². The van der Waals surface area contributed by atoms with Crippen LogP contribution in [-0.2, 0) is 13.2 Å². The molecular formula is C30H26Cl2N2O2S. The Hall–Kier alpha value is -3.25. The number of hydrogen-bond acceptors (Lipinski definition) is 5. The summed E-state index contributed by atoms with van der Waals surface area (Å²) in [7, 11) is 0. The standard InChI is InChI=1S/C30H26Cl2N2O2S/c1-3-35-28-16-20(6-13-27(28)36-18-21-5-11-24(31)25(32)15-21)17-33-23-9-7-22(8-10-23)30-34-26-12-4-19(2)14-29(26)37-30/h4-16,33H,3,17-18H2,1-2H3. The highest BCUT2D eigenvalue weighted by molar-refractivity contribution is 7.21. The second-order valence-electron chi connectivity index (χ2n) is 8.67. The lowest BCUT2D eigenvalue weighted by Gasteiger charge is -2.14. The van der Waals surface area contributed by atoms with E-state index in [1.807, 2.05) is 37.3 Å². The van der Waals surface area contributed by atoms with Crippen LogP contribution in [0.25, 0.3) is 20.8 Å². The van der Waals surface area contributed by atoms with Crippen LogP contribution in [0.5, 0.6) is 11.5 Å². The quantitative estimate of drug-likeness (QED) is 0.199. The van der Waals surface area contributed by atoms with Crippen LogP contribution in [0.3, 0.4) is 0 Å². The molecule has 0 aliphatic rings. The number of halogens is 2. The van der Waals surface area contributed by atoms with Crippen LogP contribution < -0.4 is 14.8 Å². The number of aromatic nitrogens is 1. The largest absolute Gasteiger partial charge is 0.490 e. The summed E-state index contributed by atoms with van der Waals surface area (Å²) in [6.07, 6.45) is 0. The molecule has 0 unspecified atom stereocenters. The van der Waals surface area contributed by atoms with Crippen molar-refractivity contribution in [3.05, 3.63) is 106 Å². The molecule has 0 aliphatic carbocycles. The third kappa shape index (κ3) is 6.19. The van der Waals surface area contributed by atoms with Crippen molar-refractivity contribution in [3.63, 3.8) is 0 Å². The smallest absolute Gasteiger partial charge is 0.161 e. The Labute approximate surface area is 230 Å². The van der Waals surface area contributed by atoms with E-state index in [0.717, 1.165) is 32.9 Å². The summed E-state index contributed by atoms with van der Waals surface area (Å²) in [5.74, 6) is 1.40. The van der Waals surface area contributed by atoms with Crippen LogP contribution in [0.1, 0.15) is 23.6 Å². The second kappa shape index (κ2) is 11.4. The SMILES string of the molecule is CCOc1cc(CNc2ccc(-c3nc4ccc(C)cc4s3)cc2)ccc1OCc1ccc(Cl)c(Cl)c1. The van der Waals surface area contributed by atoms with E-state index >= 15 is 0 Å². The molecule has 0 amide bonds. The molecule has 4 nitrogen and oxygen atoms in total. The van der Waals surface area contributed by atoms with Gasteiger partial charge in [-0.2, -0.15) is 0 Å². The van der Waals surface area contributed by atoms with Gasteiger partial charge in [-0.05, 0) is 91.2 Å². The molecule has 7 heteroatoms. The van der Waals surface area contributed by atoms with Gasteiger partial charge in [-0.15, -0.1) is 11.3 Å². The van der Waals surface area contributed by atoms with E-state index in [2.05, 4.69) is 54.7 Å². The van der Waals surface area contributed by atoms with Gasteiger partial charge in [0.05, 0.1) is 26.9 Å². The van der Waals surface area contributed by atoms with E-state index in [0.29, 0.717) is 41.3 Å². The van der Waals surface area contributed by atoms with Crippen LogP contribution >= 0.6 is 34.5 Å². The molecule has 1 heterocycles. The maximum atomic E-state index is 6.12. The van der Waals surface area contributed by atoms with E-state index in [9.17, 15) is 0 Å². The number of aryl methyl sites for hydroxylation is 1. The number of nitrogens with zero attached hydrogens (tertiary/aromatic N) is 1. The predicted octanol–water partition coefficient (Wildman–Crippen LogP) is 9.17. The van der Waals surface area contributed by atoms with Gasteiger partial charge < -0.3 is 14.8 Å². The molecule has 4 aromatic carbocycles. The lowest BCUT2D eigenvalue weighted by molar-refractivity contribution is 0.269. The van der Waals surface area contributed by atoms with Crippen molar-refractivity contribution in [1.29, 1.82) is 0 Å². The number of nitrogens with one attached hydrogen (secondary N) is 1. The number of thiazole rings is 1. The average Bonchev–Trinajstić information content (AvgIpc) is 3.32. The van der Waals surface area contributed by atoms with Gasteiger partial charge in [-0.25, -0.2) is 4.98 Å². The molecule has 5 rings (SSSR count). The first-order chi connectivity index (χ1) is 18.0. The Morgan fingerprint density at radius 1 is 0.811 bits per heavy atom. The summed E-state index contributed by atoms with van der Waals surface area (Å²) in [5.41, 5.74) is 6.48. The minimum Gasteiger partial charge on any atom is -0.490 e. The molecule has 0 bridgehead atoms. The van der Waals surface area contributed by atoms with Crippen LogP contribution in [0.2, 0.25) is 10.0 Å². The van der Waals surface area contributed by atoms with Gasteiger partial charge in [0.25, 0.3) is 0 Å². The fourth-order valence-corrected chi connectivity index (χ4v) is 5.32. The van der Waals surface area contributed by atoms with Crippen molar-refractivity contribution in [2.75, 3.05) is 11.9 Å². The lowest BCUT2D eigenvalue weighted by atomic mass is 10.1. The third-order valence-corrected chi connectivity index (χ3v) is 7.67. The molecule has 0 radical (unpaired) electrons. The normalized spacial score (nSPS) is 11.0. The average molecular weight is 550 g/mol. The zero-order valence-electron chi connectivity index (χ0n) is 20.6. The molecule has 0 aliphatic heterocycles. The highest BCUT2D eigenvalue weighted by Crippen LogP contribution is 2.32. The molecule has 0 spiro atoms. The zero-order valence-corrected chi connectivity index (χ0v) is 22.9. The van der Waals surface area contributed by atoms with Gasteiger partial charge in [0.2, 0.25) is 0 Å². The maximum Gasteiger partial charge on any atom is 0.161 e. The lowest BCUT2D eigenvalue weighted by Crippen LogP contribution is -2.03. The summed E-state index contributed by atoms with van der Waals surface area (Å²) in [4.78, 5) is 4.79. The van der Waals surface area contributed by atoms with Crippen molar-refractivity contribution in [2.45, 2.75) is 27.0 Å². The van der Waals surface area contributed by atoms with E-state index in [4.69, 9.17) is 37.7 Å². The molecule has 1 aromatic heterocycles. The number of hydrogen-bond donors (Lipinski definition) is 1. The Bertz CT molecular complexity index is 1530. The Morgan fingerprint density at radius 2 is 1.62 bits per heavy atom. The minimum absolute atomic E-state index is 0.370. The first kappa shape index (κ1) is 25.4. The van der Waals surface area contributed by atoms with Crippen molar-refractivity contribution >= 4 is 50.4 Å². The number of ether oxygens (including phenoxy) is 2. The molecule has 188 valence electrons. The van der Waals surface area contributed by atoms with Crippen LogP contribution in [0.15, 0.2) is 78.9 Å². The van der Waals surface area contributed by atoms with Crippen molar-refractivity contribution < 1.29 is 9.47 Å². The Kier molecular flexibility index (Phi) is 7.85. The van der Waals surface area contributed by atoms with E-state index < -0.39 is 0 Å². The fraction of sp³-hybridized carbons (Fsp3) is 0.167. The maximum absolute atomic E-state index is 6.12. The van der Waals surface area contributed by atoms with Gasteiger partial charge in [0, 0.05) is 17.8 Å². The Balaban J connectivity index is 1.23. The summed E-state index contributed by atoms with van der Waals surface area (Å²) >= 11 is 13.9. The topological polar surface area (TPSA) is 43.4 Å². The van der Waals surface area contributed by atoms with E-state index in [-0.39, 0.29) is 0 Å². The first-order valence-electron chi connectivity index (χ1n) is 12.0. The van der Waals surface area contributed by atoms with Gasteiger partial charge in [-0.1, -0.05) is 41.4 Å². The summed E-state index contributed by atoms with van der Waals surface area (Å²) in [6.45, 7) is 5.64. The van der Waals surface area contributed by atoms with E-state index in [1.165, 1.54) is 10.3 Å². The minimum atomic E-state index is 0.370. The second-order valence-corrected chi connectivity index (χ2v) is 10.5. The monoisotopic (exact) mass is 548 g/mol. The fourth-order valence-electron chi connectivity index (χ4n) is 3.93. The van der Waals surface area contributed by atoms with Gasteiger partial charge in [-0.3, -0.25) is 0 Å². The van der Waals surface area contributed by atoms with E-state index in [1.54, 1.807) is 17.4 Å². The molecule has 37 heavy (non-hydrogen) atoms. The highest BCUT2D eigenvalue weighted by atomic mass is 35.5. The first-order valence-corrected chi connectivity index (χ1v) is 13.6. The zero-order chi connectivity index (χ0) is 25.8. The van der Waals surface area contributed by atoms with Crippen LogP contribution in [-0.4, -0.2) is 11.6 Å². The summed E-state index contributed by atoms with van der Waals surface area (Å²) in [5, 5.41) is 5.56. The molecule has 5 aromatic rings. The predicted molar refractivity (Wildman–Crippen MR) is 156 cm³/mol. The van der Waals surface area contributed by atoms with Gasteiger partial charge in [0.15, 0.2) is 11.5 Å². The Morgan fingerprint density at radius 3 is 2.41 bits per heavy atom. The number of rotatable bonds is 9. The van der Waals surface area contributed by atoms with Crippen molar-refractivity contribution in [3.8, 4) is 22.1 Å². The molecular weight excluding hydrogens is 523 g/mol. The third-order valence-electron chi connectivity index (χ3n) is 5.86. The van der Waals surface area contributed by atoms with Crippen molar-refractivity contribution in [1.82, 2.24) is 4.98 Å². The van der Waals surface area contributed by atoms with Gasteiger partial charge in [0.1, 0.15) is 11.6 Å².